The fraction of sp³-hybridized carbons (Fsp3) is 0.0870. The minimum atomic E-state index is -3.41. The second-order valence-electron chi connectivity index (χ2n) is 7.02. The molecule has 0 bridgehead atoms. The number of sulfone groups is 1. The Hall–Kier alpha value is -3.78. The maximum absolute atomic E-state index is 13.2. The van der Waals surface area contributed by atoms with Crippen molar-refractivity contribution in [1.29, 1.82) is 0 Å². The van der Waals surface area contributed by atoms with Crippen LogP contribution in [0.4, 0.5) is 11.5 Å². The van der Waals surface area contributed by atoms with Crippen LogP contribution in [0.2, 0.25) is 0 Å². The topological polar surface area (TPSA) is 101 Å². The smallest absolute Gasteiger partial charge is 0.251 e. The zero-order chi connectivity index (χ0) is 21.8. The van der Waals surface area contributed by atoms with Crippen LogP contribution in [0.5, 0.6) is 0 Å². The first-order chi connectivity index (χ1) is 14.9. The lowest BCUT2D eigenvalue weighted by atomic mass is 10.1. The van der Waals surface area contributed by atoms with Crippen LogP contribution in [-0.2, 0) is 14.6 Å². The monoisotopic (exact) mass is 432 g/mol. The number of anilines is 2. The van der Waals surface area contributed by atoms with Crippen molar-refractivity contribution < 1.29 is 13.2 Å². The average Bonchev–Trinajstić information content (AvgIpc) is 2.77. The molecule has 0 aliphatic rings. The second-order valence-corrected chi connectivity index (χ2v) is 9.03. The van der Waals surface area contributed by atoms with E-state index in [4.69, 9.17) is 0 Å². The van der Waals surface area contributed by atoms with E-state index in [1.54, 1.807) is 18.2 Å². The van der Waals surface area contributed by atoms with Gasteiger partial charge in [-0.3, -0.25) is 4.79 Å². The van der Waals surface area contributed by atoms with Crippen molar-refractivity contribution in [2.24, 2.45) is 0 Å². The summed E-state index contributed by atoms with van der Waals surface area (Å²) >= 11 is 0. The van der Waals surface area contributed by atoms with E-state index in [9.17, 15) is 13.2 Å². The molecule has 156 valence electrons. The van der Waals surface area contributed by atoms with E-state index in [0.29, 0.717) is 22.4 Å². The summed E-state index contributed by atoms with van der Waals surface area (Å²) in [6, 6.07) is 22.3. The molecular formula is C23H20N4O3S. The molecule has 4 aromatic rings. The predicted molar refractivity (Wildman–Crippen MR) is 121 cm³/mol. The number of nitrogens with zero attached hydrogens (tertiary/aromatic N) is 2. The lowest BCUT2D eigenvalue weighted by Crippen LogP contribution is -2.27. The van der Waals surface area contributed by atoms with E-state index in [2.05, 4.69) is 20.6 Å². The molecule has 0 aliphatic heterocycles. The van der Waals surface area contributed by atoms with Gasteiger partial charge in [0, 0.05) is 17.3 Å². The van der Waals surface area contributed by atoms with Crippen LogP contribution in [0.25, 0.3) is 10.9 Å². The molecule has 8 heteroatoms. The Morgan fingerprint density at radius 1 is 0.903 bits per heavy atom. The van der Waals surface area contributed by atoms with E-state index in [0.717, 1.165) is 11.8 Å². The minimum absolute atomic E-state index is 0.155. The molecule has 0 saturated heterocycles. The first-order valence-electron chi connectivity index (χ1n) is 9.54. The van der Waals surface area contributed by atoms with Gasteiger partial charge in [-0.15, -0.1) is 0 Å². The standard InChI is InChI=1S/C23H20N4O3S/c1-31(29,30)18-12-13-20-19(14-18)22(25-15-24-20)27-21(16-8-4-2-5-9-16)23(28)26-17-10-6-3-7-11-17/h2-15,21H,1H3,(H,26,28)(H,24,25,27). The molecule has 1 unspecified atom stereocenters. The zero-order valence-corrected chi connectivity index (χ0v) is 17.5. The number of nitrogens with one attached hydrogen (secondary N) is 2. The second kappa shape index (κ2) is 8.53. The first kappa shape index (κ1) is 20.5. The van der Waals surface area contributed by atoms with Gasteiger partial charge >= 0.3 is 0 Å². The van der Waals surface area contributed by atoms with Crippen molar-refractivity contribution >= 4 is 38.2 Å². The van der Waals surface area contributed by atoms with Gasteiger partial charge in [-0.05, 0) is 35.9 Å². The number of aromatic nitrogens is 2. The number of amides is 1. The minimum Gasteiger partial charge on any atom is -0.354 e. The Bertz CT molecular complexity index is 1330. The predicted octanol–water partition coefficient (Wildman–Crippen LogP) is 3.83. The van der Waals surface area contributed by atoms with Crippen LogP contribution in [-0.4, -0.2) is 30.5 Å². The Kier molecular flexibility index (Phi) is 5.64. The summed E-state index contributed by atoms with van der Waals surface area (Å²) in [5.41, 5.74) is 1.98. The number of hydrogen-bond acceptors (Lipinski definition) is 6. The van der Waals surface area contributed by atoms with Crippen LogP contribution >= 0.6 is 0 Å². The van der Waals surface area contributed by atoms with Crippen molar-refractivity contribution in [3.63, 3.8) is 0 Å². The highest BCUT2D eigenvalue weighted by molar-refractivity contribution is 7.90. The van der Waals surface area contributed by atoms with Crippen LogP contribution in [0, 0.1) is 0 Å². The lowest BCUT2D eigenvalue weighted by Gasteiger charge is -2.20. The fourth-order valence-corrected chi connectivity index (χ4v) is 3.85. The third kappa shape index (κ3) is 4.70. The zero-order valence-electron chi connectivity index (χ0n) is 16.7. The van der Waals surface area contributed by atoms with Gasteiger partial charge < -0.3 is 10.6 Å². The summed E-state index contributed by atoms with van der Waals surface area (Å²) in [7, 11) is -3.41. The maximum Gasteiger partial charge on any atom is 0.251 e. The number of para-hydroxylation sites is 1. The van der Waals surface area contributed by atoms with Gasteiger partial charge in [0.05, 0.1) is 10.4 Å². The lowest BCUT2D eigenvalue weighted by molar-refractivity contribution is -0.117. The number of carbonyl (C=O) groups excluding carboxylic acids is 1. The number of carbonyl (C=O) groups is 1. The molecule has 0 saturated carbocycles. The number of hydrogen-bond donors (Lipinski definition) is 2. The molecule has 31 heavy (non-hydrogen) atoms. The van der Waals surface area contributed by atoms with Gasteiger partial charge in [0.2, 0.25) is 0 Å². The molecule has 0 fully saturated rings. The van der Waals surface area contributed by atoms with Gasteiger partial charge in [0.25, 0.3) is 5.91 Å². The SMILES string of the molecule is CS(=O)(=O)c1ccc2ncnc(NC(C(=O)Nc3ccccc3)c3ccccc3)c2c1. The first-order valence-corrected chi connectivity index (χ1v) is 11.4. The van der Waals surface area contributed by atoms with Gasteiger partial charge in [-0.2, -0.15) is 0 Å². The van der Waals surface area contributed by atoms with E-state index >= 15 is 0 Å². The van der Waals surface area contributed by atoms with Crippen LogP contribution in [0.3, 0.4) is 0 Å². The molecule has 3 aromatic carbocycles. The number of benzene rings is 3. The molecule has 1 aromatic heterocycles. The fourth-order valence-electron chi connectivity index (χ4n) is 3.20. The van der Waals surface area contributed by atoms with E-state index in [-0.39, 0.29) is 10.8 Å². The summed E-state index contributed by atoms with van der Waals surface area (Å²) in [6.07, 6.45) is 2.52. The van der Waals surface area contributed by atoms with E-state index in [1.807, 2.05) is 48.5 Å². The van der Waals surface area contributed by atoms with Crippen molar-refractivity contribution in [2.45, 2.75) is 10.9 Å². The molecule has 2 N–H and O–H groups in total. The summed E-state index contributed by atoms with van der Waals surface area (Å²) in [5, 5.41) is 6.60. The van der Waals surface area contributed by atoms with Gasteiger partial charge in [0.15, 0.2) is 9.84 Å². The largest absolute Gasteiger partial charge is 0.354 e. The highest BCUT2D eigenvalue weighted by Gasteiger charge is 2.22. The third-order valence-electron chi connectivity index (χ3n) is 4.75. The van der Waals surface area contributed by atoms with E-state index in [1.165, 1.54) is 18.5 Å². The number of rotatable bonds is 6. The molecule has 0 spiro atoms. The van der Waals surface area contributed by atoms with Crippen LogP contribution in [0.15, 0.2) is 90.1 Å². The molecule has 0 radical (unpaired) electrons. The Labute approximate surface area is 180 Å². The number of fused-ring (bicyclic) bond motifs is 1. The highest BCUT2D eigenvalue weighted by atomic mass is 32.2. The van der Waals surface area contributed by atoms with Crippen molar-refractivity contribution in [3.05, 3.63) is 90.8 Å². The Morgan fingerprint density at radius 2 is 1.58 bits per heavy atom. The Morgan fingerprint density at radius 3 is 2.26 bits per heavy atom. The summed E-state index contributed by atoms with van der Waals surface area (Å²) < 4.78 is 24.0. The summed E-state index contributed by atoms with van der Waals surface area (Å²) in [4.78, 5) is 21.8. The average molecular weight is 433 g/mol. The van der Waals surface area contributed by atoms with E-state index < -0.39 is 15.9 Å². The maximum atomic E-state index is 13.2. The third-order valence-corrected chi connectivity index (χ3v) is 5.86. The molecule has 1 heterocycles. The van der Waals surface area contributed by atoms with Gasteiger partial charge in [-0.1, -0.05) is 48.5 Å². The van der Waals surface area contributed by atoms with Crippen molar-refractivity contribution in [1.82, 2.24) is 9.97 Å². The summed E-state index contributed by atoms with van der Waals surface area (Å²) in [5.74, 6) is 0.0935. The Balaban J connectivity index is 1.75. The van der Waals surface area contributed by atoms with Crippen molar-refractivity contribution in [3.8, 4) is 0 Å². The van der Waals surface area contributed by atoms with Crippen LogP contribution in [0.1, 0.15) is 11.6 Å². The molecule has 1 amide bonds. The molecule has 1 atom stereocenters. The molecule has 0 aliphatic carbocycles. The highest BCUT2D eigenvalue weighted by Crippen LogP contribution is 2.27. The quantitative estimate of drug-likeness (QED) is 0.480. The van der Waals surface area contributed by atoms with Gasteiger partial charge in [-0.25, -0.2) is 18.4 Å². The molecular weight excluding hydrogens is 412 g/mol. The molecule has 4 rings (SSSR count). The van der Waals surface area contributed by atoms with Crippen LogP contribution < -0.4 is 10.6 Å². The summed E-state index contributed by atoms with van der Waals surface area (Å²) in [6.45, 7) is 0. The normalized spacial score (nSPS) is 12.3. The van der Waals surface area contributed by atoms with Gasteiger partial charge in [0.1, 0.15) is 18.2 Å². The van der Waals surface area contributed by atoms with Crippen molar-refractivity contribution in [2.75, 3.05) is 16.9 Å². The molecule has 7 nitrogen and oxygen atoms in total.